The Kier molecular flexibility index (Phi) is 6.54. The molecule has 8 nitrogen and oxygen atoms in total. The molecule has 1 aliphatic rings. The molecule has 0 aliphatic carbocycles. The lowest BCUT2D eigenvalue weighted by atomic mass is 9.99. The van der Waals surface area contributed by atoms with Gasteiger partial charge in [0.25, 0.3) is 11.4 Å². The van der Waals surface area contributed by atoms with Crippen LogP contribution in [0.2, 0.25) is 0 Å². The first-order valence-corrected chi connectivity index (χ1v) is 11.3. The molecule has 1 fully saturated rings. The van der Waals surface area contributed by atoms with Crippen LogP contribution >= 0.6 is 0 Å². The monoisotopic (exact) mass is 456 g/mol. The van der Waals surface area contributed by atoms with Gasteiger partial charge >= 0.3 is 0 Å². The lowest BCUT2D eigenvalue weighted by Crippen LogP contribution is -2.59. The van der Waals surface area contributed by atoms with Gasteiger partial charge in [0, 0.05) is 38.3 Å². The Balaban J connectivity index is 1.72. The Labute approximate surface area is 199 Å². The molecule has 1 saturated heterocycles. The zero-order valence-electron chi connectivity index (χ0n) is 19.9. The molecular weight excluding hydrogens is 428 g/mol. The van der Waals surface area contributed by atoms with Crippen LogP contribution in [0, 0.1) is 13.1 Å². The summed E-state index contributed by atoms with van der Waals surface area (Å²) in [5.41, 5.74) is 3.10. The minimum atomic E-state index is -0.122. The number of methoxy groups -OCH3 is 1. The lowest BCUT2D eigenvalue weighted by Gasteiger charge is -2.47. The minimum absolute atomic E-state index is 0.0195. The number of aromatic nitrogens is 2. The average Bonchev–Trinajstić information content (AvgIpc) is 2.86. The number of hydrogen-bond acceptors (Lipinski definition) is 5. The highest BCUT2D eigenvalue weighted by atomic mass is 16.5. The maximum atomic E-state index is 12.8. The Morgan fingerprint density at radius 1 is 1.18 bits per heavy atom. The maximum absolute atomic E-state index is 12.8. The fourth-order valence-electron chi connectivity index (χ4n) is 4.80. The molecular formula is C26H28N6O2. The molecule has 1 aliphatic heterocycles. The Hall–Kier alpha value is -3.88. The molecule has 3 atom stereocenters. The van der Waals surface area contributed by atoms with Gasteiger partial charge in [0.1, 0.15) is 11.8 Å². The van der Waals surface area contributed by atoms with E-state index >= 15 is 0 Å². The van der Waals surface area contributed by atoms with E-state index in [1.807, 2.05) is 12.1 Å². The second-order valence-electron chi connectivity index (χ2n) is 8.72. The summed E-state index contributed by atoms with van der Waals surface area (Å²) in [6.45, 7) is 20.9. The molecule has 0 N–H and O–H groups in total. The van der Waals surface area contributed by atoms with Crippen LogP contribution in [-0.4, -0.2) is 53.3 Å². The number of aryl methyl sites for hydroxylation is 1. The summed E-state index contributed by atoms with van der Waals surface area (Å²) in [4.78, 5) is 29.1. The van der Waals surface area contributed by atoms with E-state index in [9.17, 15) is 4.79 Å². The van der Waals surface area contributed by atoms with Crippen molar-refractivity contribution in [3.05, 3.63) is 81.2 Å². The summed E-state index contributed by atoms with van der Waals surface area (Å²) in [6.07, 6.45) is 0. The van der Waals surface area contributed by atoms with E-state index in [4.69, 9.17) is 17.9 Å². The van der Waals surface area contributed by atoms with Gasteiger partial charge in [0.2, 0.25) is 12.1 Å². The van der Waals surface area contributed by atoms with Crippen molar-refractivity contribution in [3.8, 4) is 5.75 Å². The molecule has 1 unspecified atom stereocenters. The second kappa shape index (κ2) is 9.54. The normalized spacial score (nSPS) is 19.4. The quantitative estimate of drug-likeness (QED) is 0.542. The molecule has 0 spiro atoms. The smallest absolute Gasteiger partial charge is 0.270 e. The van der Waals surface area contributed by atoms with Crippen LogP contribution in [0.15, 0.2) is 47.3 Å². The summed E-state index contributed by atoms with van der Waals surface area (Å²) in [5, 5.41) is 0. The van der Waals surface area contributed by atoms with Gasteiger partial charge < -0.3 is 23.9 Å². The second-order valence-corrected chi connectivity index (χ2v) is 8.72. The molecule has 174 valence electrons. The van der Waals surface area contributed by atoms with Gasteiger partial charge in [0.15, 0.2) is 0 Å². The van der Waals surface area contributed by atoms with Crippen LogP contribution in [0.25, 0.3) is 20.7 Å². The fraction of sp³-hybridized carbons (Fsp3) is 0.385. The number of piperazine rings is 1. The molecule has 0 radical (unpaired) electrons. The third-order valence-electron chi connectivity index (χ3n) is 6.76. The summed E-state index contributed by atoms with van der Waals surface area (Å²) in [6, 6.07) is 13.3. The first kappa shape index (κ1) is 23.3. The van der Waals surface area contributed by atoms with Gasteiger partial charge in [0.05, 0.1) is 18.3 Å². The van der Waals surface area contributed by atoms with E-state index in [0.29, 0.717) is 29.9 Å². The molecule has 0 amide bonds. The summed E-state index contributed by atoms with van der Waals surface area (Å²) in [5.74, 6) is 1.11. The molecule has 1 aromatic carbocycles. The maximum Gasteiger partial charge on any atom is 0.270 e. The number of rotatable bonds is 5. The standard InChI is InChI=1S/C26H28N6O2/c1-17-15-32(18(2)19-7-9-21(34-6)10-8-19)20(14-27-3)16-31(17)23-13-25(33)30(5)22-11-12-24(28-4)29-26(22)23/h7-13,17-18,20H,14-16H2,1-2,5-6H3/t17-,18?,20+/m0/s1. The van der Waals surface area contributed by atoms with Crippen molar-refractivity contribution in [2.45, 2.75) is 32.0 Å². The lowest BCUT2D eigenvalue weighted by molar-refractivity contribution is 0.117. The van der Waals surface area contributed by atoms with Crippen LogP contribution in [0.1, 0.15) is 25.5 Å². The van der Waals surface area contributed by atoms with Crippen LogP contribution in [0.3, 0.4) is 0 Å². The highest BCUT2D eigenvalue weighted by Crippen LogP contribution is 2.33. The van der Waals surface area contributed by atoms with Crippen LogP contribution in [0.5, 0.6) is 5.75 Å². The first-order valence-electron chi connectivity index (χ1n) is 11.3. The number of benzene rings is 1. The van der Waals surface area contributed by atoms with Gasteiger partial charge in [-0.2, -0.15) is 0 Å². The molecule has 3 heterocycles. The van der Waals surface area contributed by atoms with Crippen LogP contribution in [-0.2, 0) is 7.05 Å². The van der Waals surface area contributed by atoms with E-state index in [-0.39, 0.29) is 23.7 Å². The third-order valence-corrected chi connectivity index (χ3v) is 6.76. The van der Waals surface area contributed by atoms with E-state index < -0.39 is 0 Å². The van der Waals surface area contributed by atoms with Crippen molar-refractivity contribution in [3.63, 3.8) is 0 Å². The molecule has 2 aromatic heterocycles. The number of nitrogens with zero attached hydrogens (tertiary/aromatic N) is 6. The Morgan fingerprint density at radius 3 is 2.56 bits per heavy atom. The highest BCUT2D eigenvalue weighted by Gasteiger charge is 2.37. The van der Waals surface area contributed by atoms with E-state index in [2.05, 4.69) is 50.5 Å². The van der Waals surface area contributed by atoms with E-state index in [1.165, 1.54) is 5.56 Å². The van der Waals surface area contributed by atoms with E-state index in [0.717, 1.165) is 18.0 Å². The van der Waals surface area contributed by atoms with Gasteiger partial charge in [-0.25, -0.2) is 6.57 Å². The Morgan fingerprint density at radius 2 is 1.91 bits per heavy atom. The van der Waals surface area contributed by atoms with Crippen molar-refractivity contribution in [1.82, 2.24) is 14.5 Å². The van der Waals surface area contributed by atoms with Crippen molar-refractivity contribution < 1.29 is 4.74 Å². The fourth-order valence-corrected chi connectivity index (χ4v) is 4.80. The first-order chi connectivity index (χ1) is 16.4. The number of pyridine rings is 2. The van der Waals surface area contributed by atoms with Gasteiger partial charge in [-0.15, -0.1) is 4.98 Å². The zero-order chi connectivity index (χ0) is 24.4. The molecule has 34 heavy (non-hydrogen) atoms. The van der Waals surface area contributed by atoms with Crippen molar-refractivity contribution in [1.29, 1.82) is 0 Å². The topological polar surface area (TPSA) is 59.3 Å². The van der Waals surface area contributed by atoms with Crippen molar-refractivity contribution in [2.75, 3.05) is 31.6 Å². The SMILES string of the molecule is [C-]#[N+]C[C@@H]1CN(c2cc(=O)n(C)c3ccc([N+]#[C-])nc23)[C@@H](C)CN1C(C)c1ccc(OC)cc1. The van der Waals surface area contributed by atoms with Crippen LogP contribution in [0.4, 0.5) is 11.5 Å². The summed E-state index contributed by atoms with van der Waals surface area (Å²) >= 11 is 0. The Bertz CT molecular complexity index is 1330. The average molecular weight is 457 g/mol. The zero-order valence-corrected chi connectivity index (χ0v) is 19.9. The number of anilines is 1. The largest absolute Gasteiger partial charge is 0.497 e. The van der Waals surface area contributed by atoms with Gasteiger partial charge in [-0.05, 0) is 43.7 Å². The highest BCUT2D eigenvalue weighted by molar-refractivity contribution is 5.89. The molecule has 8 heteroatoms. The van der Waals surface area contributed by atoms with Crippen molar-refractivity contribution in [2.24, 2.45) is 7.05 Å². The van der Waals surface area contributed by atoms with E-state index in [1.54, 1.807) is 36.9 Å². The number of hydrogen-bond donors (Lipinski definition) is 0. The minimum Gasteiger partial charge on any atom is -0.497 e. The van der Waals surface area contributed by atoms with Gasteiger partial charge in [-0.1, -0.05) is 18.7 Å². The summed E-state index contributed by atoms with van der Waals surface area (Å²) in [7, 11) is 3.37. The number of fused-ring (bicyclic) bond motifs is 1. The molecule has 0 saturated carbocycles. The number of ether oxygens (including phenoxy) is 1. The van der Waals surface area contributed by atoms with Crippen molar-refractivity contribution >= 4 is 22.5 Å². The summed E-state index contributed by atoms with van der Waals surface area (Å²) < 4.78 is 6.85. The predicted molar refractivity (Wildman–Crippen MR) is 133 cm³/mol. The molecule has 0 bridgehead atoms. The molecule has 3 aromatic rings. The van der Waals surface area contributed by atoms with Crippen LogP contribution < -0.4 is 15.2 Å². The van der Waals surface area contributed by atoms with Gasteiger partial charge in [-0.3, -0.25) is 9.69 Å². The molecule has 4 rings (SSSR count). The predicted octanol–water partition coefficient (Wildman–Crippen LogP) is 4.05. The third kappa shape index (κ3) is 4.21.